The van der Waals surface area contributed by atoms with Crippen LogP contribution in [0.4, 0.5) is 0 Å². The molecule has 1 amide bonds. The van der Waals surface area contributed by atoms with E-state index in [1.807, 2.05) is 4.90 Å². The summed E-state index contributed by atoms with van der Waals surface area (Å²) in [7, 11) is 0. The van der Waals surface area contributed by atoms with Gasteiger partial charge in [0.05, 0.1) is 12.6 Å². The Kier molecular flexibility index (Phi) is 6.34. The van der Waals surface area contributed by atoms with Crippen molar-refractivity contribution in [1.29, 1.82) is 0 Å². The van der Waals surface area contributed by atoms with Crippen LogP contribution < -0.4 is 4.74 Å². The Morgan fingerprint density at radius 2 is 2.16 bits per heavy atom. The molecule has 1 atom stereocenters. The number of hydrogen-bond acceptors (Lipinski definition) is 4. The highest BCUT2D eigenvalue weighted by atomic mass is 35.5. The van der Waals surface area contributed by atoms with Gasteiger partial charge in [-0.15, -0.1) is 11.3 Å². The van der Waals surface area contributed by atoms with Gasteiger partial charge in [-0.05, 0) is 61.0 Å². The van der Waals surface area contributed by atoms with Gasteiger partial charge in [0.15, 0.2) is 6.61 Å². The molecule has 1 aliphatic rings. The number of thiophene rings is 1. The van der Waals surface area contributed by atoms with Crippen LogP contribution in [-0.4, -0.2) is 36.7 Å². The summed E-state index contributed by atoms with van der Waals surface area (Å²) in [5.41, 5.74) is 1.22. The Bertz CT molecular complexity index is 695. The fraction of sp³-hybridized carbons (Fsp3) is 0.421. The van der Waals surface area contributed by atoms with Crippen LogP contribution in [0, 0.1) is 6.92 Å². The molecule has 1 aliphatic heterocycles. The number of halogens is 1. The zero-order chi connectivity index (χ0) is 17.6. The highest BCUT2D eigenvalue weighted by Crippen LogP contribution is 2.21. The average molecular weight is 380 g/mol. The van der Waals surface area contributed by atoms with Crippen LogP contribution in [0.15, 0.2) is 35.7 Å². The molecule has 0 bridgehead atoms. The molecule has 25 heavy (non-hydrogen) atoms. The minimum Gasteiger partial charge on any atom is -0.484 e. The third kappa shape index (κ3) is 5.21. The standard InChI is InChI=1S/C19H22ClNO3S/c1-14-8-10-25-18(14)12-21(11-17-3-2-9-23-17)19(22)13-24-16-6-4-15(20)5-7-16/h4-8,10,17H,2-3,9,11-13H2,1H3/t17-/m0/s1. The van der Waals surface area contributed by atoms with Gasteiger partial charge in [-0.1, -0.05) is 11.6 Å². The summed E-state index contributed by atoms with van der Waals surface area (Å²) in [4.78, 5) is 15.8. The van der Waals surface area contributed by atoms with E-state index in [2.05, 4.69) is 18.4 Å². The molecule has 4 nitrogen and oxygen atoms in total. The van der Waals surface area contributed by atoms with E-state index < -0.39 is 0 Å². The molecule has 1 aromatic heterocycles. The number of amides is 1. The number of rotatable bonds is 7. The topological polar surface area (TPSA) is 38.8 Å². The van der Waals surface area contributed by atoms with Crippen molar-refractivity contribution in [2.75, 3.05) is 19.8 Å². The molecule has 134 valence electrons. The summed E-state index contributed by atoms with van der Waals surface area (Å²) in [6.45, 7) is 4.09. The Balaban J connectivity index is 1.63. The van der Waals surface area contributed by atoms with E-state index in [0.29, 0.717) is 23.9 Å². The van der Waals surface area contributed by atoms with Crippen molar-refractivity contribution < 1.29 is 14.3 Å². The lowest BCUT2D eigenvalue weighted by Crippen LogP contribution is -2.39. The van der Waals surface area contributed by atoms with Gasteiger partial charge in [-0.3, -0.25) is 4.79 Å². The predicted octanol–water partition coefficient (Wildman–Crippen LogP) is 4.30. The van der Waals surface area contributed by atoms with Crippen molar-refractivity contribution in [1.82, 2.24) is 4.90 Å². The predicted molar refractivity (Wildman–Crippen MR) is 100 cm³/mol. The Morgan fingerprint density at radius 3 is 2.80 bits per heavy atom. The smallest absolute Gasteiger partial charge is 0.260 e. The Labute approximate surface area is 157 Å². The molecular weight excluding hydrogens is 358 g/mol. The second-order valence-corrected chi connectivity index (χ2v) is 7.62. The largest absolute Gasteiger partial charge is 0.484 e. The summed E-state index contributed by atoms with van der Waals surface area (Å²) in [6, 6.07) is 9.12. The highest BCUT2D eigenvalue weighted by molar-refractivity contribution is 7.10. The quantitative estimate of drug-likeness (QED) is 0.720. The maximum Gasteiger partial charge on any atom is 0.260 e. The molecule has 1 fully saturated rings. The lowest BCUT2D eigenvalue weighted by Gasteiger charge is -2.25. The van der Waals surface area contributed by atoms with Crippen LogP contribution in [0.25, 0.3) is 0 Å². The fourth-order valence-electron chi connectivity index (χ4n) is 2.80. The molecule has 0 saturated carbocycles. The molecule has 0 unspecified atom stereocenters. The average Bonchev–Trinajstić information content (AvgIpc) is 3.26. The number of carbonyl (C=O) groups excluding carboxylic acids is 1. The number of benzene rings is 1. The highest BCUT2D eigenvalue weighted by Gasteiger charge is 2.23. The van der Waals surface area contributed by atoms with E-state index in [0.717, 1.165) is 19.4 Å². The summed E-state index contributed by atoms with van der Waals surface area (Å²) in [6.07, 6.45) is 2.19. The summed E-state index contributed by atoms with van der Waals surface area (Å²) in [5.74, 6) is 0.611. The van der Waals surface area contributed by atoms with Crippen LogP contribution in [0.2, 0.25) is 5.02 Å². The van der Waals surface area contributed by atoms with Gasteiger partial charge in [0.2, 0.25) is 0 Å². The number of nitrogens with zero attached hydrogens (tertiary/aromatic N) is 1. The molecule has 2 aromatic rings. The number of aryl methyl sites for hydroxylation is 1. The molecule has 1 aromatic carbocycles. The second-order valence-electron chi connectivity index (χ2n) is 6.18. The van der Waals surface area contributed by atoms with E-state index in [4.69, 9.17) is 21.1 Å². The maximum atomic E-state index is 12.7. The van der Waals surface area contributed by atoms with Crippen molar-refractivity contribution >= 4 is 28.8 Å². The number of carbonyl (C=O) groups is 1. The second kappa shape index (κ2) is 8.70. The van der Waals surface area contributed by atoms with Crippen molar-refractivity contribution in [3.63, 3.8) is 0 Å². The summed E-state index contributed by atoms with van der Waals surface area (Å²) < 4.78 is 11.3. The van der Waals surface area contributed by atoms with Gasteiger partial charge in [0.25, 0.3) is 5.91 Å². The first-order valence-corrected chi connectivity index (χ1v) is 9.68. The van der Waals surface area contributed by atoms with Gasteiger partial charge < -0.3 is 14.4 Å². The molecule has 2 heterocycles. The maximum absolute atomic E-state index is 12.7. The van der Waals surface area contributed by atoms with Gasteiger partial charge in [-0.2, -0.15) is 0 Å². The molecule has 0 spiro atoms. The van der Waals surface area contributed by atoms with Crippen LogP contribution in [-0.2, 0) is 16.1 Å². The number of ether oxygens (including phenoxy) is 2. The van der Waals surface area contributed by atoms with Crippen LogP contribution >= 0.6 is 22.9 Å². The van der Waals surface area contributed by atoms with Crippen LogP contribution in [0.1, 0.15) is 23.3 Å². The lowest BCUT2D eigenvalue weighted by molar-refractivity contribution is -0.135. The normalized spacial score (nSPS) is 16.8. The zero-order valence-electron chi connectivity index (χ0n) is 14.2. The first kappa shape index (κ1) is 18.2. The number of hydrogen-bond donors (Lipinski definition) is 0. The third-order valence-electron chi connectivity index (χ3n) is 4.28. The van der Waals surface area contributed by atoms with Crippen molar-refractivity contribution in [3.05, 3.63) is 51.2 Å². The van der Waals surface area contributed by atoms with Crippen LogP contribution in [0.5, 0.6) is 5.75 Å². The molecular formula is C19H22ClNO3S. The minimum atomic E-state index is -0.0294. The minimum absolute atomic E-state index is 0.0127. The Morgan fingerprint density at radius 1 is 1.36 bits per heavy atom. The monoisotopic (exact) mass is 379 g/mol. The molecule has 1 saturated heterocycles. The van der Waals surface area contributed by atoms with E-state index in [-0.39, 0.29) is 18.6 Å². The van der Waals surface area contributed by atoms with Crippen LogP contribution in [0.3, 0.4) is 0 Å². The SMILES string of the molecule is Cc1ccsc1CN(C[C@@H]1CCCO1)C(=O)COc1ccc(Cl)cc1. The van der Waals surface area contributed by atoms with Gasteiger partial charge in [0, 0.05) is 23.1 Å². The first-order valence-electron chi connectivity index (χ1n) is 8.42. The molecule has 0 N–H and O–H groups in total. The fourth-order valence-corrected chi connectivity index (χ4v) is 3.84. The third-order valence-corrected chi connectivity index (χ3v) is 5.54. The van der Waals surface area contributed by atoms with Crippen molar-refractivity contribution in [3.8, 4) is 5.75 Å². The Hall–Kier alpha value is -1.56. The van der Waals surface area contributed by atoms with E-state index in [9.17, 15) is 4.79 Å². The zero-order valence-corrected chi connectivity index (χ0v) is 15.8. The van der Waals surface area contributed by atoms with E-state index >= 15 is 0 Å². The molecule has 6 heteroatoms. The lowest BCUT2D eigenvalue weighted by atomic mass is 10.2. The van der Waals surface area contributed by atoms with E-state index in [1.165, 1.54) is 10.4 Å². The summed E-state index contributed by atoms with van der Waals surface area (Å²) in [5, 5.41) is 2.70. The molecule has 0 radical (unpaired) electrons. The molecule has 3 rings (SSSR count). The van der Waals surface area contributed by atoms with E-state index in [1.54, 1.807) is 35.6 Å². The van der Waals surface area contributed by atoms with Gasteiger partial charge in [-0.25, -0.2) is 0 Å². The van der Waals surface area contributed by atoms with Gasteiger partial charge >= 0.3 is 0 Å². The summed E-state index contributed by atoms with van der Waals surface area (Å²) >= 11 is 7.55. The van der Waals surface area contributed by atoms with Crippen molar-refractivity contribution in [2.24, 2.45) is 0 Å². The van der Waals surface area contributed by atoms with Crippen molar-refractivity contribution in [2.45, 2.75) is 32.4 Å². The molecule has 0 aliphatic carbocycles. The van der Waals surface area contributed by atoms with Gasteiger partial charge in [0.1, 0.15) is 5.75 Å². The first-order chi connectivity index (χ1) is 12.1.